The van der Waals surface area contributed by atoms with E-state index in [1.54, 1.807) is 4.68 Å². The quantitative estimate of drug-likeness (QED) is 0.720. The van der Waals surface area contributed by atoms with Gasteiger partial charge in [0.05, 0.1) is 28.5 Å². The standard InChI is InChI=1S/C18H20ClN5OS/c1-11-17(19)12(2)24(22-11)18-21-14(10-26-18)9-16(25)20-13-5-7-15(8-6-13)23(3)4/h5-8,10H,9H2,1-4H3,(H,20,25). The van der Waals surface area contributed by atoms with Gasteiger partial charge in [0.1, 0.15) is 0 Å². The number of amides is 1. The van der Waals surface area contributed by atoms with Crippen molar-refractivity contribution in [1.82, 2.24) is 14.8 Å². The molecule has 0 saturated carbocycles. The number of hydrogen-bond donors (Lipinski definition) is 1. The molecule has 2 heterocycles. The van der Waals surface area contributed by atoms with E-state index in [1.807, 2.05) is 62.5 Å². The van der Waals surface area contributed by atoms with Gasteiger partial charge in [0.25, 0.3) is 0 Å². The highest BCUT2D eigenvalue weighted by Crippen LogP contribution is 2.24. The van der Waals surface area contributed by atoms with Crippen molar-refractivity contribution in [2.75, 3.05) is 24.3 Å². The fourth-order valence-electron chi connectivity index (χ4n) is 2.50. The van der Waals surface area contributed by atoms with Gasteiger partial charge in [-0.25, -0.2) is 9.67 Å². The van der Waals surface area contributed by atoms with Crippen LogP contribution in [-0.2, 0) is 11.2 Å². The van der Waals surface area contributed by atoms with E-state index in [9.17, 15) is 4.79 Å². The molecule has 0 unspecified atom stereocenters. The minimum absolute atomic E-state index is 0.106. The van der Waals surface area contributed by atoms with Gasteiger partial charge in [-0.15, -0.1) is 11.3 Å². The van der Waals surface area contributed by atoms with Crippen LogP contribution in [0.2, 0.25) is 5.02 Å². The maximum atomic E-state index is 12.3. The van der Waals surface area contributed by atoms with Crippen molar-refractivity contribution in [3.8, 4) is 5.13 Å². The third-order valence-corrected chi connectivity index (χ3v) is 5.34. The van der Waals surface area contributed by atoms with Crippen LogP contribution in [0.3, 0.4) is 0 Å². The van der Waals surface area contributed by atoms with E-state index < -0.39 is 0 Å². The first-order chi connectivity index (χ1) is 12.3. The van der Waals surface area contributed by atoms with E-state index >= 15 is 0 Å². The smallest absolute Gasteiger partial charge is 0.230 e. The molecule has 1 N–H and O–H groups in total. The highest BCUT2D eigenvalue weighted by atomic mass is 35.5. The van der Waals surface area contributed by atoms with E-state index in [2.05, 4.69) is 15.4 Å². The summed E-state index contributed by atoms with van der Waals surface area (Å²) in [5.41, 5.74) is 4.16. The Morgan fingerprint density at radius 2 is 1.96 bits per heavy atom. The lowest BCUT2D eigenvalue weighted by Crippen LogP contribution is -2.15. The first kappa shape index (κ1) is 18.4. The van der Waals surface area contributed by atoms with Crippen LogP contribution in [0, 0.1) is 13.8 Å². The Bertz CT molecular complexity index is 930. The molecule has 0 spiro atoms. The van der Waals surface area contributed by atoms with E-state index in [0.29, 0.717) is 15.8 Å². The van der Waals surface area contributed by atoms with Gasteiger partial charge in [0.2, 0.25) is 11.0 Å². The molecule has 1 amide bonds. The van der Waals surface area contributed by atoms with Crippen molar-refractivity contribution in [3.63, 3.8) is 0 Å². The van der Waals surface area contributed by atoms with Crippen molar-refractivity contribution in [2.24, 2.45) is 0 Å². The molecule has 0 radical (unpaired) electrons. The first-order valence-corrected chi connectivity index (χ1v) is 9.34. The van der Waals surface area contributed by atoms with Gasteiger partial charge < -0.3 is 10.2 Å². The third-order valence-electron chi connectivity index (χ3n) is 3.93. The zero-order valence-corrected chi connectivity index (χ0v) is 16.6. The zero-order chi connectivity index (χ0) is 18.8. The number of thiazole rings is 1. The highest BCUT2D eigenvalue weighted by Gasteiger charge is 2.15. The SMILES string of the molecule is Cc1nn(-c2nc(CC(=O)Nc3ccc(N(C)C)cc3)cs2)c(C)c1Cl. The maximum Gasteiger partial charge on any atom is 0.230 e. The van der Waals surface area contributed by atoms with E-state index in [0.717, 1.165) is 22.8 Å². The fourth-order valence-corrected chi connectivity index (χ4v) is 3.44. The lowest BCUT2D eigenvalue weighted by Gasteiger charge is -2.12. The average molecular weight is 390 g/mol. The van der Waals surface area contributed by atoms with E-state index in [1.165, 1.54) is 11.3 Å². The Hall–Kier alpha value is -2.38. The van der Waals surface area contributed by atoms with Crippen LogP contribution in [-0.4, -0.2) is 34.8 Å². The summed E-state index contributed by atoms with van der Waals surface area (Å²) in [5.74, 6) is -0.106. The second kappa shape index (κ2) is 7.47. The molecule has 0 saturated heterocycles. The minimum Gasteiger partial charge on any atom is -0.378 e. The first-order valence-electron chi connectivity index (χ1n) is 8.09. The summed E-state index contributed by atoms with van der Waals surface area (Å²) < 4.78 is 1.71. The summed E-state index contributed by atoms with van der Waals surface area (Å²) in [4.78, 5) is 18.8. The number of aromatic nitrogens is 3. The number of aryl methyl sites for hydroxylation is 1. The van der Waals surface area contributed by atoms with Crippen molar-refractivity contribution in [2.45, 2.75) is 20.3 Å². The van der Waals surface area contributed by atoms with Crippen LogP contribution in [0.1, 0.15) is 17.1 Å². The maximum absolute atomic E-state index is 12.3. The zero-order valence-electron chi connectivity index (χ0n) is 15.1. The number of halogens is 1. The van der Waals surface area contributed by atoms with Crippen LogP contribution < -0.4 is 10.2 Å². The summed E-state index contributed by atoms with van der Waals surface area (Å²) in [5, 5.41) is 10.5. The molecule has 0 aliphatic carbocycles. The molecule has 0 aliphatic rings. The lowest BCUT2D eigenvalue weighted by atomic mass is 10.2. The summed E-state index contributed by atoms with van der Waals surface area (Å²) >= 11 is 7.62. The number of nitrogens with one attached hydrogen (secondary N) is 1. The molecule has 136 valence electrons. The molecule has 0 aliphatic heterocycles. The second-order valence-corrected chi connectivity index (χ2v) is 7.40. The Kier molecular flexibility index (Phi) is 5.29. The summed E-state index contributed by atoms with van der Waals surface area (Å²) in [6.45, 7) is 3.75. The predicted molar refractivity (Wildman–Crippen MR) is 107 cm³/mol. The molecule has 0 fully saturated rings. The Balaban J connectivity index is 1.67. The van der Waals surface area contributed by atoms with Crippen LogP contribution in [0.25, 0.3) is 5.13 Å². The van der Waals surface area contributed by atoms with Crippen molar-refractivity contribution in [3.05, 3.63) is 51.7 Å². The molecule has 3 rings (SSSR count). The van der Waals surface area contributed by atoms with Crippen LogP contribution >= 0.6 is 22.9 Å². The molecular weight excluding hydrogens is 370 g/mol. The lowest BCUT2D eigenvalue weighted by molar-refractivity contribution is -0.115. The summed E-state index contributed by atoms with van der Waals surface area (Å²) in [6, 6.07) is 7.70. The number of nitrogens with zero attached hydrogens (tertiary/aromatic N) is 4. The monoisotopic (exact) mass is 389 g/mol. The minimum atomic E-state index is -0.106. The van der Waals surface area contributed by atoms with E-state index in [-0.39, 0.29) is 12.3 Å². The van der Waals surface area contributed by atoms with Crippen LogP contribution in [0.5, 0.6) is 0 Å². The van der Waals surface area contributed by atoms with Gasteiger partial charge in [0, 0.05) is 30.9 Å². The van der Waals surface area contributed by atoms with Gasteiger partial charge >= 0.3 is 0 Å². The number of carbonyl (C=O) groups is 1. The van der Waals surface area contributed by atoms with Gasteiger partial charge in [-0.2, -0.15) is 5.10 Å². The average Bonchev–Trinajstić information content (AvgIpc) is 3.15. The van der Waals surface area contributed by atoms with Crippen molar-refractivity contribution < 1.29 is 4.79 Å². The van der Waals surface area contributed by atoms with Crippen LogP contribution in [0.15, 0.2) is 29.6 Å². The number of anilines is 2. The predicted octanol–water partition coefficient (Wildman–Crippen LogP) is 3.85. The van der Waals surface area contributed by atoms with Crippen molar-refractivity contribution in [1.29, 1.82) is 0 Å². The fraction of sp³-hybridized carbons (Fsp3) is 0.278. The van der Waals surface area contributed by atoms with E-state index in [4.69, 9.17) is 11.6 Å². The summed E-state index contributed by atoms with van der Waals surface area (Å²) in [7, 11) is 3.95. The van der Waals surface area contributed by atoms with Crippen LogP contribution in [0.4, 0.5) is 11.4 Å². The van der Waals surface area contributed by atoms with Gasteiger partial charge in [-0.05, 0) is 38.1 Å². The molecule has 26 heavy (non-hydrogen) atoms. The third kappa shape index (κ3) is 3.89. The largest absolute Gasteiger partial charge is 0.378 e. The van der Waals surface area contributed by atoms with Gasteiger partial charge in [-0.3, -0.25) is 4.79 Å². The number of benzene rings is 1. The molecular formula is C18H20ClN5OS. The Labute approximate surface area is 161 Å². The topological polar surface area (TPSA) is 63.1 Å². The van der Waals surface area contributed by atoms with Gasteiger partial charge in [-0.1, -0.05) is 11.6 Å². The Morgan fingerprint density at radius 3 is 2.54 bits per heavy atom. The second-order valence-electron chi connectivity index (χ2n) is 6.18. The molecule has 1 aromatic carbocycles. The number of hydrogen-bond acceptors (Lipinski definition) is 5. The molecule has 6 nitrogen and oxygen atoms in total. The van der Waals surface area contributed by atoms with Crippen molar-refractivity contribution >= 4 is 40.2 Å². The highest BCUT2D eigenvalue weighted by molar-refractivity contribution is 7.12. The van der Waals surface area contributed by atoms with Gasteiger partial charge in [0.15, 0.2) is 0 Å². The molecule has 0 bridgehead atoms. The normalized spacial score (nSPS) is 10.8. The number of carbonyl (C=O) groups excluding carboxylic acids is 1. The molecule has 0 atom stereocenters. The molecule has 8 heteroatoms. The molecule has 2 aromatic heterocycles. The summed E-state index contributed by atoms with van der Waals surface area (Å²) in [6.07, 6.45) is 0.207. The number of rotatable bonds is 5. The molecule has 3 aromatic rings. The Morgan fingerprint density at radius 1 is 1.27 bits per heavy atom.